The Kier molecular flexibility index (Phi) is 5.23. The summed E-state index contributed by atoms with van der Waals surface area (Å²) >= 11 is 6.08. The lowest BCUT2D eigenvalue weighted by molar-refractivity contribution is 0.101. The summed E-state index contributed by atoms with van der Waals surface area (Å²) in [6.45, 7) is 3.84. The van der Waals surface area contributed by atoms with Crippen LogP contribution in [0.25, 0.3) is 0 Å². The highest BCUT2D eigenvalue weighted by molar-refractivity contribution is 6.32. The fourth-order valence-electron chi connectivity index (χ4n) is 2.33. The fraction of sp³-hybridized carbons (Fsp3) is 0.158. The van der Waals surface area contributed by atoms with Gasteiger partial charge in [-0.25, -0.2) is 9.07 Å². The number of benzene rings is 2. The maximum atomic E-state index is 13.8. The highest BCUT2D eigenvalue weighted by Crippen LogP contribution is 2.25. The molecule has 0 aliphatic rings. The van der Waals surface area contributed by atoms with Crippen LogP contribution in [0.4, 0.5) is 10.1 Å². The van der Waals surface area contributed by atoms with E-state index in [0.717, 1.165) is 11.1 Å². The highest BCUT2D eigenvalue weighted by atomic mass is 35.5. The molecule has 2 aromatic carbocycles. The van der Waals surface area contributed by atoms with Crippen LogP contribution in [-0.4, -0.2) is 15.7 Å². The number of carbonyl (C=O) groups is 1. The Hall–Kier alpha value is -2.86. The van der Waals surface area contributed by atoms with Crippen LogP contribution in [0.15, 0.2) is 48.7 Å². The summed E-state index contributed by atoms with van der Waals surface area (Å²) in [5.41, 5.74) is 2.14. The average molecular weight is 374 g/mol. The summed E-state index contributed by atoms with van der Waals surface area (Å²) in [5.74, 6) is -0.461. The third-order valence-corrected chi connectivity index (χ3v) is 3.99. The molecule has 26 heavy (non-hydrogen) atoms. The summed E-state index contributed by atoms with van der Waals surface area (Å²) in [5, 5.41) is 7.15. The lowest BCUT2D eigenvalue weighted by Crippen LogP contribution is -2.15. The SMILES string of the molecule is Cc1ccc(F)c(NC(=O)c2ccn(COc3cc(C)ccc3Cl)n2)c1. The van der Waals surface area contributed by atoms with E-state index in [2.05, 4.69) is 10.4 Å². The lowest BCUT2D eigenvalue weighted by Gasteiger charge is -2.09. The smallest absolute Gasteiger partial charge is 0.276 e. The third kappa shape index (κ3) is 4.21. The first-order valence-electron chi connectivity index (χ1n) is 7.92. The Bertz CT molecular complexity index is 956. The van der Waals surface area contributed by atoms with Crippen LogP contribution in [0.1, 0.15) is 21.6 Å². The fourth-order valence-corrected chi connectivity index (χ4v) is 2.50. The van der Waals surface area contributed by atoms with Crippen molar-refractivity contribution < 1.29 is 13.9 Å². The van der Waals surface area contributed by atoms with Crippen molar-refractivity contribution in [3.63, 3.8) is 0 Å². The van der Waals surface area contributed by atoms with Gasteiger partial charge < -0.3 is 10.1 Å². The van der Waals surface area contributed by atoms with E-state index < -0.39 is 11.7 Å². The molecule has 0 fully saturated rings. The van der Waals surface area contributed by atoms with E-state index >= 15 is 0 Å². The van der Waals surface area contributed by atoms with Gasteiger partial charge in [-0.3, -0.25) is 4.79 Å². The Morgan fingerprint density at radius 2 is 1.92 bits per heavy atom. The molecule has 0 spiro atoms. The van der Waals surface area contributed by atoms with Gasteiger partial charge in [0.15, 0.2) is 12.4 Å². The van der Waals surface area contributed by atoms with Crippen LogP contribution in [0, 0.1) is 19.7 Å². The van der Waals surface area contributed by atoms with Gasteiger partial charge in [-0.15, -0.1) is 0 Å². The molecule has 5 nitrogen and oxygen atoms in total. The molecule has 1 aromatic heterocycles. The zero-order chi connectivity index (χ0) is 18.7. The molecule has 3 aromatic rings. The van der Waals surface area contributed by atoms with E-state index in [1.54, 1.807) is 24.4 Å². The van der Waals surface area contributed by atoms with Crippen molar-refractivity contribution in [3.8, 4) is 5.75 Å². The monoisotopic (exact) mass is 373 g/mol. The summed E-state index contributed by atoms with van der Waals surface area (Å²) in [6.07, 6.45) is 1.60. The third-order valence-electron chi connectivity index (χ3n) is 3.68. The van der Waals surface area contributed by atoms with Gasteiger partial charge in [-0.1, -0.05) is 23.7 Å². The van der Waals surface area contributed by atoms with Gasteiger partial charge in [-0.2, -0.15) is 5.10 Å². The number of halogens is 2. The predicted molar refractivity (Wildman–Crippen MR) is 98.1 cm³/mol. The van der Waals surface area contributed by atoms with Crippen molar-refractivity contribution in [1.29, 1.82) is 0 Å². The molecule has 0 aliphatic carbocycles. The minimum absolute atomic E-state index is 0.0925. The van der Waals surface area contributed by atoms with Gasteiger partial charge in [0.2, 0.25) is 0 Å². The molecule has 0 bridgehead atoms. The molecule has 0 atom stereocenters. The Morgan fingerprint density at radius 3 is 2.73 bits per heavy atom. The molecule has 0 unspecified atom stereocenters. The Balaban J connectivity index is 1.66. The second-order valence-electron chi connectivity index (χ2n) is 5.89. The molecule has 0 aliphatic heterocycles. The number of aryl methyl sites for hydroxylation is 2. The van der Waals surface area contributed by atoms with Crippen LogP contribution in [0.5, 0.6) is 5.75 Å². The maximum Gasteiger partial charge on any atom is 0.276 e. The number of aromatic nitrogens is 2. The van der Waals surface area contributed by atoms with Crippen LogP contribution in [-0.2, 0) is 6.73 Å². The first-order chi connectivity index (χ1) is 12.4. The average Bonchev–Trinajstić information content (AvgIpc) is 3.08. The molecule has 1 heterocycles. The van der Waals surface area contributed by atoms with Crippen molar-refractivity contribution in [2.45, 2.75) is 20.6 Å². The minimum atomic E-state index is -0.499. The zero-order valence-electron chi connectivity index (χ0n) is 14.3. The number of anilines is 1. The molecule has 0 saturated carbocycles. The molecule has 134 valence electrons. The second kappa shape index (κ2) is 7.58. The van der Waals surface area contributed by atoms with Crippen LogP contribution >= 0.6 is 11.6 Å². The summed E-state index contributed by atoms with van der Waals surface area (Å²) in [4.78, 5) is 12.2. The minimum Gasteiger partial charge on any atom is -0.470 e. The molecule has 1 N–H and O–H groups in total. The summed E-state index contributed by atoms with van der Waals surface area (Å²) < 4.78 is 20.8. The summed E-state index contributed by atoms with van der Waals surface area (Å²) in [6, 6.07) is 11.5. The number of amides is 1. The second-order valence-corrected chi connectivity index (χ2v) is 6.29. The van der Waals surface area contributed by atoms with Crippen molar-refractivity contribution in [3.05, 3.63) is 76.3 Å². The van der Waals surface area contributed by atoms with Gasteiger partial charge in [0.05, 0.1) is 10.7 Å². The standard InChI is InChI=1S/C19H17ClFN3O2/c1-12-4-6-15(21)17(9-12)22-19(25)16-7-8-24(23-16)11-26-18-10-13(2)3-5-14(18)20/h3-10H,11H2,1-2H3,(H,22,25). The summed E-state index contributed by atoms with van der Waals surface area (Å²) in [7, 11) is 0. The van der Waals surface area contributed by atoms with Gasteiger partial charge in [0.1, 0.15) is 11.6 Å². The normalized spacial score (nSPS) is 10.6. The van der Waals surface area contributed by atoms with Crippen molar-refractivity contribution >= 4 is 23.2 Å². The predicted octanol–water partition coefficient (Wildman–Crippen LogP) is 4.58. The molecular formula is C19H17ClFN3O2. The highest BCUT2D eigenvalue weighted by Gasteiger charge is 2.13. The van der Waals surface area contributed by atoms with E-state index in [0.29, 0.717) is 10.8 Å². The van der Waals surface area contributed by atoms with E-state index in [1.807, 2.05) is 26.0 Å². The van der Waals surface area contributed by atoms with Gasteiger partial charge in [-0.05, 0) is 55.3 Å². The number of nitrogens with zero attached hydrogens (tertiary/aromatic N) is 2. The molecule has 0 saturated heterocycles. The van der Waals surface area contributed by atoms with Gasteiger partial charge >= 0.3 is 0 Å². The van der Waals surface area contributed by atoms with E-state index in [1.165, 1.54) is 16.8 Å². The number of carbonyl (C=O) groups excluding carboxylic acids is 1. The molecule has 1 amide bonds. The number of rotatable bonds is 5. The van der Waals surface area contributed by atoms with E-state index in [9.17, 15) is 9.18 Å². The van der Waals surface area contributed by atoms with Crippen LogP contribution in [0.2, 0.25) is 5.02 Å². The topological polar surface area (TPSA) is 56.2 Å². The molecule has 3 rings (SSSR count). The Morgan fingerprint density at radius 1 is 1.19 bits per heavy atom. The van der Waals surface area contributed by atoms with Crippen molar-refractivity contribution in [1.82, 2.24) is 9.78 Å². The number of hydrogen-bond acceptors (Lipinski definition) is 3. The number of ether oxygens (including phenoxy) is 1. The maximum absolute atomic E-state index is 13.8. The lowest BCUT2D eigenvalue weighted by atomic mass is 10.2. The molecule has 0 radical (unpaired) electrons. The van der Waals surface area contributed by atoms with Crippen LogP contribution < -0.4 is 10.1 Å². The Labute approximate surface area is 155 Å². The van der Waals surface area contributed by atoms with E-state index in [4.69, 9.17) is 16.3 Å². The van der Waals surface area contributed by atoms with Crippen molar-refractivity contribution in [2.24, 2.45) is 0 Å². The first kappa shape index (κ1) is 17.9. The van der Waals surface area contributed by atoms with Gasteiger partial charge in [0.25, 0.3) is 5.91 Å². The number of hydrogen-bond donors (Lipinski definition) is 1. The van der Waals surface area contributed by atoms with E-state index in [-0.39, 0.29) is 18.1 Å². The number of nitrogens with one attached hydrogen (secondary N) is 1. The largest absolute Gasteiger partial charge is 0.470 e. The first-order valence-corrected chi connectivity index (χ1v) is 8.30. The zero-order valence-corrected chi connectivity index (χ0v) is 15.0. The quantitative estimate of drug-likeness (QED) is 0.712. The molecule has 7 heteroatoms. The molecular weight excluding hydrogens is 357 g/mol. The van der Waals surface area contributed by atoms with Gasteiger partial charge in [0, 0.05) is 6.20 Å². The van der Waals surface area contributed by atoms with Crippen molar-refractivity contribution in [2.75, 3.05) is 5.32 Å². The van der Waals surface area contributed by atoms with Crippen LogP contribution in [0.3, 0.4) is 0 Å².